The van der Waals surface area contributed by atoms with Crippen molar-refractivity contribution < 1.29 is 23.9 Å². The Hall–Kier alpha value is -2.94. The summed E-state index contributed by atoms with van der Waals surface area (Å²) in [5.41, 5.74) is 1.40. The van der Waals surface area contributed by atoms with Crippen LogP contribution >= 0.6 is 11.3 Å². The molecular weight excluding hydrogens is 394 g/mol. The third kappa shape index (κ3) is 4.56. The number of hydrogen-bond donors (Lipinski definition) is 1. The highest BCUT2D eigenvalue weighted by atomic mass is 32.1. The Morgan fingerprint density at radius 3 is 2.62 bits per heavy atom. The second-order valence-corrected chi connectivity index (χ2v) is 7.90. The van der Waals surface area contributed by atoms with Crippen LogP contribution in [-0.4, -0.2) is 49.6 Å². The van der Waals surface area contributed by atoms with Crippen molar-refractivity contribution >= 4 is 40.0 Å². The minimum atomic E-state index is -0.609. The van der Waals surface area contributed by atoms with Crippen molar-refractivity contribution in [2.24, 2.45) is 0 Å². The predicted octanol–water partition coefficient (Wildman–Crippen LogP) is 2.94. The number of methoxy groups -OCH3 is 1. The van der Waals surface area contributed by atoms with E-state index < -0.39 is 24.5 Å². The number of nitrogens with one attached hydrogen (secondary N) is 1. The van der Waals surface area contributed by atoms with Gasteiger partial charge in [0.15, 0.2) is 6.61 Å². The summed E-state index contributed by atoms with van der Waals surface area (Å²) in [6.45, 7) is 4.85. The van der Waals surface area contributed by atoms with Crippen LogP contribution in [0.2, 0.25) is 0 Å². The molecular formula is C20H23N3O5S. The zero-order chi connectivity index (χ0) is 21.0. The van der Waals surface area contributed by atoms with E-state index >= 15 is 0 Å². The van der Waals surface area contributed by atoms with Gasteiger partial charge in [0.1, 0.15) is 16.4 Å². The van der Waals surface area contributed by atoms with Gasteiger partial charge in [-0.15, -0.1) is 11.3 Å². The van der Waals surface area contributed by atoms with Crippen molar-refractivity contribution in [1.82, 2.24) is 4.98 Å². The summed E-state index contributed by atoms with van der Waals surface area (Å²) in [5.74, 6) is -1.09. The molecule has 9 heteroatoms. The van der Waals surface area contributed by atoms with Gasteiger partial charge >= 0.3 is 11.9 Å². The molecule has 1 aliphatic rings. The highest BCUT2D eigenvalue weighted by molar-refractivity contribution is 7.16. The third-order valence-corrected chi connectivity index (χ3v) is 5.90. The molecule has 3 rings (SSSR count). The molecule has 1 aliphatic heterocycles. The van der Waals surface area contributed by atoms with Crippen molar-refractivity contribution in [2.75, 3.05) is 37.0 Å². The number of carbonyl (C=O) groups excluding carboxylic acids is 3. The number of hydrogen-bond acceptors (Lipinski definition) is 8. The first kappa shape index (κ1) is 20.8. The first-order valence-electron chi connectivity index (χ1n) is 9.27. The monoisotopic (exact) mass is 417 g/mol. The van der Waals surface area contributed by atoms with Crippen molar-refractivity contribution in [3.8, 4) is 0 Å². The highest BCUT2D eigenvalue weighted by Gasteiger charge is 2.24. The average Bonchev–Trinajstić information content (AvgIpc) is 3.34. The summed E-state index contributed by atoms with van der Waals surface area (Å²) < 4.78 is 9.99. The molecule has 8 nitrogen and oxygen atoms in total. The number of carbonyl (C=O) groups is 3. The van der Waals surface area contributed by atoms with Crippen molar-refractivity contribution in [1.29, 1.82) is 0 Å². The molecule has 0 aromatic carbocycles. The largest absolute Gasteiger partial charge is 0.465 e. The molecule has 0 aliphatic carbocycles. The van der Waals surface area contributed by atoms with Crippen LogP contribution in [-0.2, 0) is 14.3 Å². The van der Waals surface area contributed by atoms with Crippen LogP contribution < -0.4 is 10.2 Å². The van der Waals surface area contributed by atoms with Crippen LogP contribution in [0.3, 0.4) is 0 Å². The van der Waals surface area contributed by atoms with Crippen LogP contribution in [0.25, 0.3) is 0 Å². The molecule has 0 spiro atoms. The SMILES string of the molecule is COC(=O)c1c(NC(=O)COC(=O)c2cccnc2N2CCCC2)sc(C)c1C. The number of rotatable bonds is 6. The highest BCUT2D eigenvalue weighted by Crippen LogP contribution is 2.33. The molecule has 2 aromatic heterocycles. The molecule has 1 N–H and O–H groups in total. The van der Waals surface area contributed by atoms with E-state index in [1.807, 2.05) is 11.8 Å². The zero-order valence-electron chi connectivity index (χ0n) is 16.6. The van der Waals surface area contributed by atoms with Crippen LogP contribution in [0.1, 0.15) is 44.0 Å². The Kier molecular flexibility index (Phi) is 6.48. The summed E-state index contributed by atoms with van der Waals surface area (Å²) in [5, 5.41) is 3.02. The molecule has 2 aromatic rings. The molecule has 29 heavy (non-hydrogen) atoms. The van der Waals surface area contributed by atoms with Gasteiger partial charge in [0, 0.05) is 24.2 Å². The first-order valence-corrected chi connectivity index (χ1v) is 10.1. The molecule has 3 heterocycles. The summed E-state index contributed by atoms with van der Waals surface area (Å²) >= 11 is 1.27. The number of aryl methyl sites for hydroxylation is 1. The maximum Gasteiger partial charge on any atom is 0.342 e. The molecule has 1 fully saturated rings. The molecule has 1 saturated heterocycles. The van der Waals surface area contributed by atoms with E-state index in [9.17, 15) is 14.4 Å². The normalized spacial score (nSPS) is 13.3. The van der Waals surface area contributed by atoms with Gasteiger partial charge in [-0.05, 0) is 44.4 Å². The Bertz CT molecular complexity index is 934. The fourth-order valence-corrected chi connectivity index (χ4v) is 4.24. The van der Waals surface area contributed by atoms with Crippen molar-refractivity contribution in [3.63, 3.8) is 0 Å². The smallest absolute Gasteiger partial charge is 0.342 e. The van der Waals surface area contributed by atoms with Gasteiger partial charge in [0.05, 0.1) is 12.7 Å². The molecule has 154 valence electrons. The fraction of sp³-hybridized carbons (Fsp3) is 0.400. The molecule has 0 bridgehead atoms. The number of esters is 2. The Morgan fingerprint density at radius 1 is 1.21 bits per heavy atom. The summed E-state index contributed by atoms with van der Waals surface area (Å²) in [6.07, 6.45) is 3.73. The van der Waals surface area contributed by atoms with E-state index in [4.69, 9.17) is 9.47 Å². The summed E-state index contributed by atoms with van der Waals surface area (Å²) in [6, 6.07) is 3.30. The van der Waals surface area contributed by atoms with Gasteiger partial charge in [0.2, 0.25) is 0 Å². The lowest BCUT2D eigenvalue weighted by Gasteiger charge is -2.18. The number of amides is 1. The second-order valence-electron chi connectivity index (χ2n) is 6.67. The van der Waals surface area contributed by atoms with Crippen LogP contribution in [0.4, 0.5) is 10.8 Å². The van der Waals surface area contributed by atoms with E-state index in [-0.39, 0.29) is 0 Å². The molecule has 0 unspecified atom stereocenters. The molecule has 0 atom stereocenters. The number of anilines is 2. The molecule has 0 radical (unpaired) electrons. The average molecular weight is 417 g/mol. The quantitative estimate of drug-likeness (QED) is 0.722. The van der Waals surface area contributed by atoms with Gasteiger partial charge in [0.25, 0.3) is 5.91 Å². The lowest BCUT2D eigenvalue weighted by molar-refractivity contribution is -0.119. The lowest BCUT2D eigenvalue weighted by atomic mass is 10.1. The fourth-order valence-electron chi connectivity index (χ4n) is 3.17. The molecule has 1 amide bonds. The number of ether oxygens (including phenoxy) is 2. The van der Waals surface area contributed by atoms with Gasteiger partial charge < -0.3 is 19.7 Å². The van der Waals surface area contributed by atoms with Crippen molar-refractivity contribution in [2.45, 2.75) is 26.7 Å². The summed E-state index contributed by atoms with van der Waals surface area (Å²) in [7, 11) is 1.29. The Balaban J connectivity index is 1.66. The lowest BCUT2D eigenvalue weighted by Crippen LogP contribution is -2.25. The number of thiophene rings is 1. The minimum Gasteiger partial charge on any atom is -0.465 e. The van der Waals surface area contributed by atoms with E-state index in [2.05, 4.69) is 10.3 Å². The van der Waals surface area contributed by atoms with E-state index in [0.29, 0.717) is 21.9 Å². The standard InChI is InChI=1S/C20H23N3O5S/c1-12-13(2)29-18(16(12)20(26)27-3)22-15(24)11-28-19(25)14-7-6-8-21-17(14)23-9-4-5-10-23/h6-8H,4-5,9-11H2,1-3H3,(H,22,24). The van der Waals surface area contributed by atoms with Gasteiger partial charge in [-0.1, -0.05) is 0 Å². The molecule has 0 saturated carbocycles. The zero-order valence-corrected chi connectivity index (χ0v) is 17.4. The number of pyridine rings is 1. The predicted molar refractivity (Wildman–Crippen MR) is 110 cm³/mol. The maximum atomic E-state index is 12.5. The number of nitrogens with zero attached hydrogens (tertiary/aromatic N) is 2. The maximum absolute atomic E-state index is 12.5. The van der Waals surface area contributed by atoms with Crippen LogP contribution in [0.5, 0.6) is 0 Å². The number of aromatic nitrogens is 1. The van der Waals surface area contributed by atoms with E-state index in [1.165, 1.54) is 18.4 Å². The Morgan fingerprint density at radius 2 is 1.93 bits per heavy atom. The van der Waals surface area contributed by atoms with Crippen molar-refractivity contribution in [3.05, 3.63) is 39.9 Å². The van der Waals surface area contributed by atoms with Gasteiger partial charge in [-0.3, -0.25) is 4.79 Å². The van der Waals surface area contributed by atoms with Crippen LogP contribution in [0.15, 0.2) is 18.3 Å². The topological polar surface area (TPSA) is 97.8 Å². The third-order valence-electron chi connectivity index (χ3n) is 4.77. The second kappa shape index (κ2) is 9.04. The van der Waals surface area contributed by atoms with E-state index in [0.717, 1.165) is 36.4 Å². The minimum absolute atomic E-state index is 0.318. The van der Waals surface area contributed by atoms with E-state index in [1.54, 1.807) is 25.3 Å². The Labute approximate surface area is 172 Å². The summed E-state index contributed by atoms with van der Waals surface area (Å²) in [4.78, 5) is 44.1. The van der Waals surface area contributed by atoms with Crippen LogP contribution in [0, 0.1) is 13.8 Å². The van der Waals surface area contributed by atoms with Gasteiger partial charge in [-0.2, -0.15) is 0 Å². The van der Waals surface area contributed by atoms with Gasteiger partial charge in [-0.25, -0.2) is 14.6 Å². The first-order chi connectivity index (χ1) is 13.9.